The van der Waals surface area contributed by atoms with Crippen molar-refractivity contribution in [2.45, 2.75) is 18.9 Å². The van der Waals surface area contributed by atoms with Gasteiger partial charge >= 0.3 is 0 Å². The van der Waals surface area contributed by atoms with Crippen LogP contribution in [0.25, 0.3) is 0 Å². The fraction of sp³-hybridized carbons (Fsp3) is 0.750. The van der Waals surface area contributed by atoms with Crippen LogP contribution in [0.15, 0.2) is 12.2 Å². The molecule has 1 unspecified atom stereocenters. The summed E-state index contributed by atoms with van der Waals surface area (Å²) in [6, 6.07) is 0.576. The molecule has 0 amide bonds. The van der Waals surface area contributed by atoms with Crippen LogP contribution in [0.3, 0.4) is 0 Å². The molecule has 0 saturated carbocycles. The zero-order valence-electron chi connectivity index (χ0n) is 6.45. The predicted molar refractivity (Wildman–Crippen MR) is 41.9 cm³/mol. The summed E-state index contributed by atoms with van der Waals surface area (Å²) in [6.45, 7) is 1.37. The average Bonchev–Trinajstić information content (AvgIpc) is 2.31. The quantitative estimate of drug-likeness (QED) is 0.570. The van der Waals surface area contributed by atoms with Crippen molar-refractivity contribution in [3.8, 4) is 0 Å². The lowest BCUT2D eigenvalue weighted by Gasteiger charge is -2.14. The third-order valence-corrected chi connectivity index (χ3v) is 2.04. The van der Waals surface area contributed by atoms with Gasteiger partial charge in [0.2, 0.25) is 0 Å². The van der Waals surface area contributed by atoms with Crippen molar-refractivity contribution in [1.29, 1.82) is 0 Å². The molecule has 0 aliphatic carbocycles. The SMILES string of the molecule is CN1CCCC1C=CCO. The summed E-state index contributed by atoms with van der Waals surface area (Å²) in [7, 11) is 2.12. The lowest BCUT2D eigenvalue weighted by molar-refractivity contribution is 0.334. The summed E-state index contributed by atoms with van der Waals surface area (Å²) >= 11 is 0. The zero-order valence-corrected chi connectivity index (χ0v) is 6.45. The molecule has 58 valence electrons. The van der Waals surface area contributed by atoms with E-state index in [0.29, 0.717) is 6.04 Å². The van der Waals surface area contributed by atoms with Crippen LogP contribution in [0, 0.1) is 0 Å². The number of aliphatic hydroxyl groups is 1. The van der Waals surface area contributed by atoms with Gasteiger partial charge in [-0.15, -0.1) is 0 Å². The second kappa shape index (κ2) is 3.74. The van der Waals surface area contributed by atoms with Gasteiger partial charge in [-0.25, -0.2) is 0 Å². The van der Waals surface area contributed by atoms with Crippen molar-refractivity contribution in [2.75, 3.05) is 20.2 Å². The molecule has 0 spiro atoms. The number of hydrogen-bond donors (Lipinski definition) is 1. The molecule has 2 nitrogen and oxygen atoms in total. The maximum atomic E-state index is 8.51. The molecule has 0 aromatic carbocycles. The maximum Gasteiger partial charge on any atom is 0.0612 e. The van der Waals surface area contributed by atoms with E-state index in [0.717, 1.165) is 0 Å². The van der Waals surface area contributed by atoms with Crippen molar-refractivity contribution in [2.24, 2.45) is 0 Å². The highest BCUT2D eigenvalue weighted by Crippen LogP contribution is 2.15. The summed E-state index contributed by atoms with van der Waals surface area (Å²) in [5, 5.41) is 8.51. The lowest BCUT2D eigenvalue weighted by Crippen LogP contribution is -2.22. The Bertz CT molecular complexity index is 122. The molecule has 2 heteroatoms. The monoisotopic (exact) mass is 141 g/mol. The third kappa shape index (κ3) is 1.82. The summed E-state index contributed by atoms with van der Waals surface area (Å²) in [6.07, 6.45) is 6.45. The first-order valence-corrected chi connectivity index (χ1v) is 3.82. The summed E-state index contributed by atoms with van der Waals surface area (Å²) in [5.41, 5.74) is 0. The molecule has 1 atom stereocenters. The van der Waals surface area contributed by atoms with Gasteiger partial charge in [-0.2, -0.15) is 0 Å². The smallest absolute Gasteiger partial charge is 0.0612 e. The van der Waals surface area contributed by atoms with E-state index in [1.54, 1.807) is 0 Å². The van der Waals surface area contributed by atoms with Gasteiger partial charge in [-0.05, 0) is 26.4 Å². The minimum absolute atomic E-state index is 0.171. The number of nitrogens with zero attached hydrogens (tertiary/aromatic N) is 1. The van der Waals surface area contributed by atoms with Gasteiger partial charge in [0.15, 0.2) is 0 Å². The largest absolute Gasteiger partial charge is 0.392 e. The van der Waals surface area contributed by atoms with E-state index >= 15 is 0 Å². The molecule has 0 aromatic rings. The summed E-state index contributed by atoms with van der Waals surface area (Å²) < 4.78 is 0. The predicted octanol–water partition coefficient (Wildman–Crippen LogP) is 0.629. The number of hydrogen-bond acceptors (Lipinski definition) is 2. The van der Waals surface area contributed by atoms with Crippen LogP contribution in [0.1, 0.15) is 12.8 Å². The Hall–Kier alpha value is -0.340. The molecule has 10 heavy (non-hydrogen) atoms. The van der Waals surface area contributed by atoms with Crippen LogP contribution in [0.4, 0.5) is 0 Å². The molecule has 1 saturated heterocycles. The Kier molecular flexibility index (Phi) is 2.90. The van der Waals surface area contributed by atoms with Crippen LogP contribution in [-0.4, -0.2) is 36.2 Å². The van der Waals surface area contributed by atoms with E-state index in [2.05, 4.69) is 18.0 Å². The van der Waals surface area contributed by atoms with Crippen LogP contribution in [0.5, 0.6) is 0 Å². The van der Waals surface area contributed by atoms with Gasteiger partial charge in [0.1, 0.15) is 0 Å². The van der Waals surface area contributed by atoms with Crippen LogP contribution < -0.4 is 0 Å². The Morgan fingerprint density at radius 3 is 3.00 bits per heavy atom. The topological polar surface area (TPSA) is 23.5 Å². The van der Waals surface area contributed by atoms with Gasteiger partial charge in [0, 0.05) is 6.04 Å². The lowest BCUT2D eigenvalue weighted by atomic mass is 10.2. The fourth-order valence-electron chi connectivity index (χ4n) is 1.40. The average molecular weight is 141 g/mol. The number of likely N-dealkylation sites (N-methyl/N-ethyl adjacent to an activating group) is 1. The normalized spacial score (nSPS) is 28.4. The van der Waals surface area contributed by atoms with E-state index in [1.807, 2.05) is 6.08 Å². The molecule has 1 heterocycles. The molecule has 0 radical (unpaired) electrons. The highest BCUT2D eigenvalue weighted by atomic mass is 16.2. The third-order valence-electron chi connectivity index (χ3n) is 2.04. The molecular weight excluding hydrogens is 126 g/mol. The second-order valence-electron chi connectivity index (χ2n) is 2.80. The molecule has 1 rings (SSSR count). The van der Waals surface area contributed by atoms with Gasteiger partial charge in [0.05, 0.1) is 6.61 Å². The molecule has 1 fully saturated rings. The molecule has 0 aromatic heterocycles. The molecule has 1 aliphatic rings. The van der Waals surface area contributed by atoms with E-state index in [9.17, 15) is 0 Å². The van der Waals surface area contributed by atoms with Crippen molar-refractivity contribution in [1.82, 2.24) is 4.90 Å². The van der Waals surface area contributed by atoms with Gasteiger partial charge in [-0.3, -0.25) is 4.90 Å². The Labute approximate surface area is 62.2 Å². The summed E-state index contributed by atoms with van der Waals surface area (Å²) in [5.74, 6) is 0. The first kappa shape index (κ1) is 7.76. The van der Waals surface area contributed by atoms with Gasteiger partial charge in [0.25, 0.3) is 0 Å². The number of likely N-dealkylation sites (tertiary alicyclic amines) is 1. The molecule has 0 bridgehead atoms. The Morgan fingerprint density at radius 1 is 1.70 bits per heavy atom. The van der Waals surface area contributed by atoms with Gasteiger partial charge in [-0.1, -0.05) is 12.2 Å². The van der Waals surface area contributed by atoms with E-state index < -0.39 is 0 Å². The number of rotatable bonds is 2. The molecule has 1 aliphatic heterocycles. The minimum atomic E-state index is 0.171. The van der Waals surface area contributed by atoms with E-state index in [4.69, 9.17) is 5.11 Å². The fourth-order valence-corrected chi connectivity index (χ4v) is 1.40. The Morgan fingerprint density at radius 2 is 2.50 bits per heavy atom. The van der Waals surface area contributed by atoms with Crippen molar-refractivity contribution < 1.29 is 5.11 Å². The molecule has 1 N–H and O–H groups in total. The molecular formula is C8H15NO. The van der Waals surface area contributed by atoms with E-state index in [-0.39, 0.29) is 6.61 Å². The van der Waals surface area contributed by atoms with Crippen LogP contribution in [-0.2, 0) is 0 Å². The standard InChI is InChI=1S/C8H15NO/c1-9-6-2-4-8(9)5-3-7-10/h3,5,8,10H,2,4,6-7H2,1H3. The van der Waals surface area contributed by atoms with E-state index in [1.165, 1.54) is 19.4 Å². The second-order valence-corrected chi connectivity index (χ2v) is 2.80. The highest BCUT2D eigenvalue weighted by Gasteiger charge is 2.16. The van der Waals surface area contributed by atoms with Crippen LogP contribution in [0.2, 0.25) is 0 Å². The van der Waals surface area contributed by atoms with Crippen molar-refractivity contribution in [3.63, 3.8) is 0 Å². The number of aliphatic hydroxyl groups excluding tert-OH is 1. The van der Waals surface area contributed by atoms with Crippen molar-refractivity contribution >= 4 is 0 Å². The minimum Gasteiger partial charge on any atom is -0.392 e. The Balaban J connectivity index is 2.33. The van der Waals surface area contributed by atoms with Gasteiger partial charge < -0.3 is 5.11 Å². The highest BCUT2D eigenvalue weighted by molar-refractivity contribution is 4.96. The first-order chi connectivity index (χ1) is 4.84. The zero-order chi connectivity index (χ0) is 7.40. The van der Waals surface area contributed by atoms with Crippen molar-refractivity contribution in [3.05, 3.63) is 12.2 Å². The maximum absolute atomic E-state index is 8.51. The first-order valence-electron chi connectivity index (χ1n) is 3.82. The summed E-state index contributed by atoms with van der Waals surface area (Å²) in [4.78, 5) is 2.31. The van der Waals surface area contributed by atoms with Crippen LogP contribution >= 0.6 is 0 Å².